The lowest BCUT2D eigenvalue weighted by atomic mass is 10.00. The second kappa shape index (κ2) is 7.29. The number of hydrogen-bond donors (Lipinski definition) is 1. The predicted octanol–water partition coefficient (Wildman–Crippen LogP) is 5.50. The van der Waals surface area contributed by atoms with Gasteiger partial charge in [0.2, 0.25) is 5.88 Å². The first-order valence-electron chi connectivity index (χ1n) is 8.62. The summed E-state index contributed by atoms with van der Waals surface area (Å²) in [6.45, 7) is 1.97. The molecule has 4 rings (SSSR count). The van der Waals surface area contributed by atoms with Gasteiger partial charge in [-0.2, -0.15) is 0 Å². The van der Waals surface area contributed by atoms with Crippen molar-refractivity contribution in [3.63, 3.8) is 0 Å². The molecule has 0 atom stereocenters. The first-order chi connectivity index (χ1) is 13.1. The second-order valence-corrected chi connectivity index (χ2v) is 6.56. The van der Waals surface area contributed by atoms with Crippen LogP contribution in [0.25, 0.3) is 21.8 Å². The highest BCUT2D eigenvalue weighted by atomic mass is 35.5. The Morgan fingerprint density at radius 3 is 2.74 bits per heavy atom. The molecule has 0 radical (unpaired) electrons. The molecule has 0 aliphatic rings. The number of carbonyl (C=O) groups excluding carboxylic acids is 1. The Kier molecular flexibility index (Phi) is 4.69. The number of carbonyl (C=O) groups is 1. The summed E-state index contributed by atoms with van der Waals surface area (Å²) >= 11 is 5.99. The zero-order chi connectivity index (χ0) is 18.8. The summed E-state index contributed by atoms with van der Waals surface area (Å²) < 4.78 is 9.97. The van der Waals surface area contributed by atoms with Crippen LogP contribution in [-0.4, -0.2) is 22.7 Å². The molecular weight excluding hydrogens is 364 g/mol. The van der Waals surface area contributed by atoms with E-state index in [2.05, 4.69) is 16.0 Å². The Bertz CT molecular complexity index is 1120. The fraction of sp³-hybridized carbons (Fsp3) is 0.143. The molecule has 2 aromatic heterocycles. The molecule has 4 aromatic rings. The lowest BCUT2D eigenvalue weighted by Crippen LogP contribution is -2.10. The number of hydrogen-bond acceptors (Lipinski definition) is 4. The van der Waals surface area contributed by atoms with E-state index in [9.17, 15) is 4.79 Å². The van der Waals surface area contributed by atoms with Crippen LogP contribution in [0.3, 0.4) is 0 Å². The maximum Gasteiger partial charge on any atom is 0.515 e. The lowest BCUT2D eigenvalue weighted by molar-refractivity contribution is 0.103. The topological polar surface area (TPSA) is 64.2 Å². The van der Waals surface area contributed by atoms with Gasteiger partial charge in [-0.15, -0.1) is 0 Å². The number of fused-ring (bicyclic) bond motifs is 3. The number of aromatic amines is 1. The van der Waals surface area contributed by atoms with Gasteiger partial charge in [0.25, 0.3) is 0 Å². The molecule has 27 heavy (non-hydrogen) atoms. The van der Waals surface area contributed by atoms with Gasteiger partial charge in [-0.3, -0.25) is 0 Å². The van der Waals surface area contributed by atoms with E-state index in [0.717, 1.165) is 38.8 Å². The fourth-order valence-electron chi connectivity index (χ4n) is 3.17. The first kappa shape index (κ1) is 17.4. The normalized spacial score (nSPS) is 11.0. The Hall–Kier alpha value is -3.05. The summed E-state index contributed by atoms with van der Waals surface area (Å²) in [4.78, 5) is 19.1. The van der Waals surface area contributed by atoms with Crippen molar-refractivity contribution in [1.29, 1.82) is 0 Å². The number of rotatable bonds is 4. The summed E-state index contributed by atoms with van der Waals surface area (Å²) in [5, 5.41) is 2.75. The van der Waals surface area contributed by atoms with Crippen LogP contribution in [0.15, 0.2) is 54.7 Å². The minimum Gasteiger partial charge on any atom is -0.434 e. The summed E-state index contributed by atoms with van der Waals surface area (Å²) in [7, 11) is 0. The standard InChI is InChI=1S/C21H17ClN2O3/c1-2-26-21(25)27-19-11-16-18(12-23-19)24-17-5-3-4-14(20(16)17)10-13-6-8-15(22)9-7-13/h3-9,11-12,24H,2,10H2,1H3. The summed E-state index contributed by atoms with van der Waals surface area (Å²) in [6, 6.07) is 15.7. The smallest absolute Gasteiger partial charge is 0.434 e. The van der Waals surface area contributed by atoms with Gasteiger partial charge in [0, 0.05) is 27.4 Å². The van der Waals surface area contributed by atoms with Gasteiger partial charge in [0.05, 0.1) is 18.3 Å². The maximum atomic E-state index is 11.6. The minimum absolute atomic E-state index is 0.211. The number of ether oxygens (including phenoxy) is 2. The van der Waals surface area contributed by atoms with Crippen LogP contribution in [0, 0.1) is 0 Å². The molecule has 0 aliphatic heterocycles. The van der Waals surface area contributed by atoms with Gasteiger partial charge in [-0.25, -0.2) is 9.78 Å². The number of nitrogens with one attached hydrogen (secondary N) is 1. The summed E-state index contributed by atoms with van der Waals surface area (Å²) in [5.41, 5.74) is 4.21. The lowest BCUT2D eigenvalue weighted by Gasteiger charge is -2.06. The van der Waals surface area contributed by atoms with Crippen molar-refractivity contribution in [2.75, 3.05) is 6.61 Å². The summed E-state index contributed by atoms with van der Waals surface area (Å²) in [6.07, 6.45) is 1.67. The van der Waals surface area contributed by atoms with Crippen molar-refractivity contribution >= 4 is 39.6 Å². The van der Waals surface area contributed by atoms with Gasteiger partial charge in [-0.1, -0.05) is 35.9 Å². The predicted molar refractivity (Wildman–Crippen MR) is 106 cm³/mol. The third-order valence-corrected chi connectivity index (χ3v) is 4.58. The second-order valence-electron chi connectivity index (χ2n) is 6.12. The molecule has 5 nitrogen and oxygen atoms in total. The third kappa shape index (κ3) is 3.59. The molecule has 0 aliphatic carbocycles. The van der Waals surface area contributed by atoms with E-state index in [1.807, 2.05) is 36.4 Å². The van der Waals surface area contributed by atoms with E-state index in [4.69, 9.17) is 21.1 Å². The zero-order valence-electron chi connectivity index (χ0n) is 14.7. The number of H-pyrrole nitrogens is 1. The molecule has 6 heteroatoms. The van der Waals surface area contributed by atoms with Crippen LogP contribution < -0.4 is 4.74 Å². The Labute approximate surface area is 160 Å². The fourth-order valence-corrected chi connectivity index (χ4v) is 3.29. The van der Waals surface area contributed by atoms with E-state index in [1.165, 1.54) is 5.56 Å². The molecule has 1 N–H and O–H groups in total. The Morgan fingerprint density at radius 2 is 1.96 bits per heavy atom. The van der Waals surface area contributed by atoms with Gasteiger partial charge in [0.1, 0.15) is 0 Å². The van der Waals surface area contributed by atoms with Gasteiger partial charge >= 0.3 is 6.16 Å². The number of nitrogens with zero attached hydrogens (tertiary/aromatic N) is 1. The van der Waals surface area contributed by atoms with E-state index < -0.39 is 6.16 Å². The molecule has 0 saturated carbocycles. The molecule has 0 amide bonds. The molecule has 2 heterocycles. The molecule has 0 spiro atoms. The highest BCUT2D eigenvalue weighted by Gasteiger charge is 2.13. The van der Waals surface area contributed by atoms with Crippen molar-refractivity contribution in [1.82, 2.24) is 9.97 Å². The van der Waals surface area contributed by atoms with Crippen molar-refractivity contribution in [2.45, 2.75) is 13.3 Å². The quantitative estimate of drug-likeness (QED) is 0.475. The first-order valence-corrected chi connectivity index (χ1v) is 9.00. The van der Waals surface area contributed by atoms with E-state index in [-0.39, 0.29) is 12.5 Å². The molecule has 0 bridgehead atoms. The molecule has 2 aromatic carbocycles. The number of pyridine rings is 1. The largest absolute Gasteiger partial charge is 0.515 e. The number of halogens is 1. The Balaban J connectivity index is 1.77. The average Bonchev–Trinajstić information content (AvgIpc) is 3.03. The monoisotopic (exact) mass is 380 g/mol. The minimum atomic E-state index is -0.759. The highest BCUT2D eigenvalue weighted by molar-refractivity contribution is 6.30. The number of benzene rings is 2. The van der Waals surface area contributed by atoms with Crippen LogP contribution >= 0.6 is 11.6 Å². The van der Waals surface area contributed by atoms with Crippen molar-refractivity contribution in [2.24, 2.45) is 0 Å². The molecule has 0 fully saturated rings. The van der Waals surface area contributed by atoms with Crippen LogP contribution in [-0.2, 0) is 11.2 Å². The molecule has 136 valence electrons. The van der Waals surface area contributed by atoms with Gasteiger partial charge in [0.15, 0.2) is 0 Å². The van der Waals surface area contributed by atoms with E-state index in [1.54, 1.807) is 19.2 Å². The highest BCUT2D eigenvalue weighted by Crippen LogP contribution is 2.31. The van der Waals surface area contributed by atoms with Crippen LogP contribution in [0.2, 0.25) is 5.02 Å². The SMILES string of the molecule is CCOC(=O)Oc1cc2c(cn1)[nH]c1cccc(Cc3ccc(Cl)cc3)c12. The molecule has 0 saturated heterocycles. The van der Waals surface area contributed by atoms with Crippen molar-refractivity contribution in [3.8, 4) is 5.88 Å². The molecule has 0 unspecified atom stereocenters. The van der Waals surface area contributed by atoms with Gasteiger partial charge in [-0.05, 0) is 42.7 Å². The van der Waals surface area contributed by atoms with Crippen LogP contribution in [0.4, 0.5) is 4.79 Å². The van der Waals surface area contributed by atoms with E-state index in [0.29, 0.717) is 0 Å². The Morgan fingerprint density at radius 1 is 1.15 bits per heavy atom. The number of aromatic nitrogens is 2. The van der Waals surface area contributed by atoms with E-state index >= 15 is 0 Å². The zero-order valence-corrected chi connectivity index (χ0v) is 15.4. The van der Waals surface area contributed by atoms with Crippen LogP contribution in [0.5, 0.6) is 5.88 Å². The van der Waals surface area contributed by atoms with Crippen molar-refractivity contribution < 1.29 is 14.3 Å². The summed E-state index contributed by atoms with van der Waals surface area (Å²) in [5.74, 6) is 0.211. The van der Waals surface area contributed by atoms with Crippen molar-refractivity contribution in [3.05, 3.63) is 70.9 Å². The third-order valence-electron chi connectivity index (χ3n) is 4.33. The van der Waals surface area contributed by atoms with Crippen LogP contribution in [0.1, 0.15) is 18.1 Å². The average molecular weight is 381 g/mol. The van der Waals surface area contributed by atoms with Gasteiger partial charge < -0.3 is 14.5 Å². The maximum absolute atomic E-state index is 11.6. The molecular formula is C21H17ClN2O3.